The van der Waals surface area contributed by atoms with Crippen LogP contribution in [0.1, 0.15) is 16.7 Å². The molecule has 0 spiro atoms. The highest BCUT2D eigenvalue weighted by molar-refractivity contribution is 8.27. The van der Waals surface area contributed by atoms with Gasteiger partial charge >= 0.3 is 0 Å². The van der Waals surface area contributed by atoms with Crippen molar-refractivity contribution < 1.29 is 18.7 Å². The Hall–Kier alpha value is -3.49. The summed E-state index contributed by atoms with van der Waals surface area (Å²) in [4.78, 5) is 26.8. The number of nitrogens with zero attached hydrogens (tertiary/aromatic N) is 1. The van der Waals surface area contributed by atoms with Crippen LogP contribution in [0.3, 0.4) is 0 Å². The predicted molar refractivity (Wildman–Crippen MR) is 139 cm³/mol. The van der Waals surface area contributed by atoms with Crippen LogP contribution in [-0.4, -0.2) is 22.7 Å². The van der Waals surface area contributed by atoms with E-state index in [4.69, 9.17) is 17.0 Å². The Kier molecular flexibility index (Phi) is 7.09. The second-order valence-corrected chi connectivity index (χ2v) is 9.38. The summed E-state index contributed by atoms with van der Waals surface area (Å²) in [5, 5.41) is 2.82. The van der Waals surface area contributed by atoms with Crippen LogP contribution in [0.2, 0.25) is 0 Å². The van der Waals surface area contributed by atoms with Gasteiger partial charge in [-0.25, -0.2) is 4.39 Å². The maximum atomic E-state index is 13.6. The van der Waals surface area contributed by atoms with E-state index in [9.17, 15) is 14.0 Å². The van der Waals surface area contributed by atoms with E-state index in [1.54, 1.807) is 36.4 Å². The summed E-state index contributed by atoms with van der Waals surface area (Å²) >= 11 is 6.48. The number of nitrogens with one attached hydrogen (secondary N) is 1. The number of ether oxygens (including phenoxy) is 1. The van der Waals surface area contributed by atoms with E-state index in [0.29, 0.717) is 20.7 Å². The Bertz CT molecular complexity index is 1310. The Morgan fingerprint density at radius 2 is 1.85 bits per heavy atom. The maximum absolute atomic E-state index is 13.6. The quantitative estimate of drug-likeness (QED) is 0.345. The molecule has 0 bridgehead atoms. The molecular weight excluding hydrogens is 471 g/mol. The average Bonchev–Trinajstić information content (AvgIpc) is 3.08. The van der Waals surface area contributed by atoms with Gasteiger partial charge in [-0.1, -0.05) is 48.2 Å². The minimum absolute atomic E-state index is 0.126. The fourth-order valence-electron chi connectivity index (χ4n) is 3.28. The molecule has 3 aromatic carbocycles. The Morgan fingerprint density at radius 1 is 1.09 bits per heavy atom. The first-order chi connectivity index (χ1) is 16.3. The van der Waals surface area contributed by atoms with Crippen molar-refractivity contribution in [3.05, 3.63) is 94.1 Å². The van der Waals surface area contributed by atoms with E-state index >= 15 is 0 Å². The molecule has 8 heteroatoms. The van der Waals surface area contributed by atoms with Crippen LogP contribution < -0.4 is 15.0 Å². The fraction of sp³-hybridized carbons (Fsp3) is 0.115. The lowest BCUT2D eigenvalue weighted by Crippen LogP contribution is -2.27. The minimum atomic E-state index is -0.436. The highest BCUT2D eigenvalue weighted by Gasteiger charge is 2.33. The van der Waals surface area contributed by atoms with Crippen molar-refractivity contribution in [2.75, 3.05) is 16.8 Å². The molecule has 1 aliphatic rings. The van der Waals surface area contributed by atoms with Crippen LogP contribution in [0.4, 0.5) is 15.8 Å². The first-order valence-corrected chi connectivity index (χ1v) is 11.7. The lowest BCUT2D eigenvalue weighted by atomic mass is 10.1. The number of hydrogen-bond acceptors (Lipinski definition) is 5. The van der Waals surface area contributed by atoms with Crippen molar-refractivity contribution in [2.24, 2.45) is 0 Å². The molecule has 3 aromatic rings. The van der Waals surface area contributed by atoms with E-state index in [1.165, 1.54) is 23.1 Å². The van der Waals surface area contributed by atoms with Gasteiger partial charge in [-0.05, 0) is 79.1 Å². The van der Waals surface area contributed by atoms with Gasteiger partial charge in [-0.3, -0.25) is 14.5 Å². The van der Waals surface area contributed by atoms with Crippen molar-refractivity contribution in [2.45, 2.75) is 13.8 Å². The van der Waals surface area contributed by atoms with Gasteiger partial charge in [-0.2, -0.15) is 0 Å². The molecule has 2 amide bonds. The third-order valence-corrected chi connectivity index (χ3v) is 6.50. The van der Waals surface area contributed by atoms with Gasteiger partial charge in [0.25, 0.3) is 11.8 Å². The molecule has 0 unspecified atom stereocenters. The van der Waals surface area contributed by atoms with Crippen LogP contribution in [0.15, 0.2) is 71.6 Å². The monoisotopic (exact) mass is 492 g/mol. The normalized spacial score (nSPS) is 14.6. The van der Waals surface area contributed by atoms with Crippen LogP contribution in [-0.2, 0) is 9.59 Å². The highest BCUT2D eigenvalue weighted by atomic mass is 32.2. The molecular formula is C26H21FN2O3S2. The van der Waals surface area contributed by atoms with Crippen molar-refractivity contribution in [1.29, 1.82) is 0 Å². The number of thioether (sulfide) groups is 1. The number of carbonyl (C=O) groups excluding carboxylic acids is 2. The fourth-order valence-corrected chi connectivity index (χ4v) is 4.58. The summed E-state index contributed by atoms with van der Waals surface area (Å²) in [7, 11) is 0. The molecule has 4 rings (SSSR count). The molecule has 1 heterocycles. The number of halogens is 1. The van der Waals surface area contributed by atoms with E-state index in [-0.39, 0.29) is 18.4 Å². The lowest BCUT2D eigenvalue weighted by Gasteiger charge is -2.14. The first-order valence-electron chi connectivity index (χ1n) is 10.4. The summed E-state index contributed by atoms with van der Waals surface area (Å²) in [5.74, 6) is -0.467. The summed E-state index contributed by atoms with van der Waals surface area (Å²) < 4.78 is 19.5. The number of aryl methyl sites for hydroxylation is 2. The van der Waals surface area contributed by atoms with Gasteiger partial charge < -0.3 is 10.1 Å². The second kappa shape index (κ2) is 10.2. The second-order valence-electron chi connectivity index (χ2n) is 7.70. The Labute approximate surface area is 206 Å². The zero-order chi connectivity index (χ0) is 24.2. The molecule has 1 saturated heterocycles. The predicted octanol–water partition coefficient (Wildman–Crippen LogP) is 5.87. The molecule has 0 radical (unpaired) electrons. The zero-order valence-electron chi connectivity index (χ0n) is 18.5. The number of benzene rings is 3. The van der Waals surface area contributed by atoms with Crippen LogP contribution >= 0.6 is 24.0 Å². The maximum Gasteiger partial charge on any atom is 0.270 e. The Morgan fingerprint density at radius 3 is 2.56 bits per heavy atom. The van der Waals surface area contributed by atoms with Crippen LogP contribution in [0.5, 0.6) is 5.75 Å². The number of anilines is 2. The molecule has 1 aliphatic heterocycles. The Balaban J connectivity index is 1.37. The number of hydrogen-bond donors (Lipinski definition) is 1. The number of thiocarbonyl (C=S) groups is 1. The summed E-state index contributed by atoms with van der Waals surface area (Å²) in [6.45, 7) is 3.88. The van der Waals surface area contributed by atoms with Crippen molar-refractivity contribution in [1.82, 2.24) is 0 Å². The van der Waals surface area contributed by atoms with E-state index in [0.717, 1.165) is 34.1 Å². The van der Waals surface area contributed by atoms with E-state index in [1.807, 2.05) is 32.0 Å². The molecule has 34 heavy (non-hydrogen) atoms. The molecule has 1 fully saturated rings. The number of amides is 2. The van der Waals surface area contributed by atoms with Gasteiger partial charge in [-0.15, -0.1) is 0 Å². The van der Waals surface area contributed by atoms with Crippen molar-refractivity contribution in [3.63, 3.8) is 0 Å². The number of rotatable bonds is 6. The van der Waals surface area contributed by atoms with Gasteiger partial charge in [0, 0.05) is 5.69 Å². The molecule has 0 atom stereocenters. The minimum Gasteiger partial charge on any atom is -0.484 e. The first kappa shape index (κ1) is 23.7. The lowest BCUT2D eigenvalue weighted by molar-refractivity contribution is -0.118. The van der Waals surface area contributed by atoms with Crippen molar-refractivity contribution >= 4 is 57.6 Å². The molecule has 1 N–H and O–H groups in total. The van der Waals surface area contributed by atoms with Gasteiger partial charge in [0.2, 0.25) is 0 Å². The summed E-state index contributed by atoms with van der Waals surface area (Å²) in [6.07, 6.45) is 1.72. The zero-order valence-corrected chi connectivity index (χ0v) is 20.1. The van der Waals surface area contributed by atoms with Crippen LogP contribution in [0, 0.1) is 19.7 Å². The van der Waals surface area contributed by atoms with Crippen molar-refractivity contribution in [3.8, 4) is 5.75 Å². The highest BCUT2D eigenvalue weighted by Crippen LogP contribution is 2.36. The molecule has 5 nitrogen and oxygen atoms in total. The van der Waals surface area contributed by atoms with Gasteiger partial charge in [0.05, 0.1) is 10.6 Å². The molecule has 0 saturated carbocycles. The SMILES string of the molecule is Cc1ccc(NC(=O)COc2ccc(/C=C3/SC(=S)N(c4cccc(F)c4)C3=O)cc2)cc1C. The summed E-state index contributed by atoms with van der Waals surface area (Å²) in [6, 6.07) is 18.5. The smallest absolute Gasteiger partial charge is 0.270 e. The van der Waals surface area contributed by atoms with Gasteiger partial charge in [0.1, 0.15) is 11.6 Å². The summed E-state index contributed by atoms with van der Waals surface area (Å²) in [5.41, 5.74) is 4.15. The largest absolute Gasteiger partial charge is 0.484 e. The molecule has 172 valence electrons. The van der Waals surface area contributed by atoms with Crippen LogP contribution in [0.25, 0.3) is 6.08 Å². The van der Waals surface area contributed by atoms with E-state index < -0.39 is 5.82 Å². The van der Waals surface area contributed by atoms with Gasteiger partial charge in [0.15, 0.2) is 10.9 Å². The third kappa shape index (κ3) is 5.52. The molecule has 0 aliphatic carbocycles. The third-order valence-electron chi connectivity index (χ3n) is 5.20. The molecule has 0 aromatic heterocycles. The standard InChI is InChI=1S/C26H21FN2O3S2/c1-16-6-9-20(12-17(16)2)28-24(30)15-32-22-10-7-18(8-11-22)13-23-25(31)29(26(33)34-23)21-5-3-4-19(27)14-21/h3-14H,15H2,1-2H3,(H,28,30)/b23-13+. The topological polar surface area (TPSA) is 58.6 Å². The number of carbonyl (C=O) groups is 2. The van der Waals surface area contributed by atoms with E-state index in [2.05, 4.69) is 5.32 Å². The average molecular weight is 493 g/mol.